The minimum Gasteiger partial charge on any atom is -0.351 e. The van der Waals surface area contributed by atoms with Crippen LogP contribution in [0.4, 0.5) is 0 Å². The van der Waals surface area contributed by atoms with Gasteiger partial charge in [0.2, 0.25) is 5.91 Å². The predicted octanol–water partition coefficient (Wildman–Crippen LogP) is 3.62. The normalized spacial score (nSPS) is 22.3. The van der Waals surface area contributed by atoms with E-state index in [4.69, 9.17) is 0 Å². The van der Waals surface area contributed by atoms with Gasteiger partial charge in [-0.2, -0.15) is 0 Å². The molecule has 1 heterocycles. The molecule has 0 aliphatic carbocycles. The van der Waals surface area contributed by atoms with Gasteiger partial charge < -0.3 is 10.6 Å². The lowest BCUT2D eigenvalue weighted by atomic mass is 9.99. The third kappa shape index (κ3) is 6.36. The van der Waals surface area contributed by atoms with E-state index in [-0.39, 0.29) is 29.6 Å². The number of thioether (sulfide) groups is 1. The summed E-state index contributed by atoms with van der Waals surface area (Å²) in [6.45, 7) is 7.48. The van der Waals surface area contributed by atoms with Crippen LogP contribution in [0.25, 0.3) is 0 Å². The molecule has 1 aliphatic rings. The molecule has 0 spiro atoms. The maximum absolute atomic E-state index is 12.7. The molecule has 0 bridgehead atoms. The zero-order valence-corrected chi connectivity index (χ0v) is 15.9. The van der Waals surface area contributed by atoms with Crippen molar-refractivity contribution in [3.63, 3.8) is 0 Å². The third-order valence-corrected chi connectivity index (χ3v) is 5.84. The van der Waals surface area contributed by atoms with Crippen LogP contribution in [0.5, 0.6) is 0 Å². The SMILES string of the molecule is CC(C)C(SCc1ccccc1)C(=O)NC1CCCNC1C.Cl. The molecule has 3 unspecified atom stereocenters. The van der Waals surface area contributed by atoms with Crippen LogP contribution in [-0.4, -0.2) is 29.8 Å². The Hall–Kier alpha value is -0.710. The Morgan fingerprint density at radius 2 is 2.04 bits per heavy atom. The number of benzene rings is 1. The second-order valence-corrected chi connectivity index (χ2v) is 7.59. The molecule has 0 saturated carbocycles. The van der Waals surface area contributed by atoms with Crippen molar-refractivity contribution in [2.75, 3.05) is 6.54 Å². The number of rotatable bonds is 6. The first-order valence-electron chi connectivity index (χ1n) is 8.27. The monoisotopic (exact) mass is 356 g/mol. The number of hydrogen-bond acceptors (Lipinski definition) is 3. The molecule has 0 radical (unpaired) electrons. The molecule has 3 atom stereocenters. The van der Waals surface area contributed by atoms with E-state index >= 15 is 0 Å². The largest absolute Gasteiger partial charge is 0.351 e. The molecule has 1 aliphatic heterocycles. The van der Waals surface area contributed by atoms with Crippen molar-refractivity contribution in [1.82, 2.24) is 10.6 Å². The highest BCUT2D eigenvalue weighted by Crippen LogP contribution is 2.24. The predicted molar refractivity (Wildman–Crippen MR) is 102 cm³/mol. The maximum atomic E-state index is 12.7. The Kier molecular flexibility index (Phi) is 9.03. The van der Waals surface area contributed by atoms with Gasteiger partial charge in [-0.25, -0.2) is 0 Å². The van der Waals surface area contributed by atoms with E-state index in [2.05, 4.69) is 55.7 Å². The van der Waals surface area contributed by atoms with Gasteiger partial charge in [0, 0.05) is 17.8 Å². The average molecular weight is 357 g/mol. The van der Waals surface area contributed by atoms with Crippen molar-refractivity contribution >= 4 is 30.1 Å². The molecule has 0 aromatic heterocycles. The molecule has 2 rings (SSSR count). The highest BCUT2D eigenvalue weighted by atomic mass is 35.5. The van der Waals surface area contributed by atoms with Crippen LogP contribution in [-0.2, 0) is 10.5 Å². The molecular formula is C18H29ClN2OS. The first-order chi connectivity index (χ1) is 10.6. The summed E-state index contributed by atoms with van der Waals surface area (Å²) in [4.78, 5) is 12.7. The van der Waals surface area contributed by atoms with E-state index < -0.39 is 0 Å². The summed E-state index contributed by atoms with van der Waals surface area (Å²) in [5, 5.41) is 6.71. The minimum atomic E-state index is 0. The molecule has 2 N–H and O–H groups in total. The second-order valence-electron chi connectivity index (χ2n) is 6.46. The van der Waals surface area contributed by atoms with Crippen LogP contribution in [0.2, 0.25) is 0 Å². The van der Waals surface area contributed by atoms with Crippen molar-refractivity contribution in [2.24, 2.45) is 5.92 Å². The molecule has 3 nitrogen and oxygen atoms in total. The van der Waals surface area contributed by atoms with E-state index in [1.165, 1.54) is 5.56 Å². The van der Waals surface area contributed by atoms with E-state index in [0.717, 1.165) is 25.1 Å². The van der Waals surface area contributed by atoms with Crippen LogP contribution in [0.3, 0.4) is 0 Å². The molecule has 23 heavy (non-hydrogen) atoms. The Balaban J connectivity index is 0.00000264. The van der Waals surface area contributed by atoms with Gasteiger partial charge in [0.15, 0.2) is 0 Å². The average Bonchev–Trinajstić information content (AvgIpc) is 2.50. The van der Waals surface area contributed by atoms with Crippen LogP contribution < -0.4 is 10.6 Å². The number of carbonyl (C=O) groups is 1. The van der Waals surface area contributed by atoms with Gasteiger partial charge >= 0.3 is 0 Å². The van der Waals surface area contributed by atoms with Gasteiger partial charge in [-0.05, 0) is 37.8 Å². The van der Waals surface area contributed by atoms with Gasteiger partial charge in [-0.3, -0.25) is 4.79 Å². The smallest absolute Gasteiger partial charge is 0.233 e. The van der Waals surface area contributed by atoms with Crippen LogP contribution in [0.1, 0.15) is 39.2 Å². The lowest BCUT2D eigenvalue weighted by Gasteiger charge is -2.32. The zero-order chi connectivity index (χ0) is 15.9. The quantitative estimate of drug-likeness (QED) is 0.817. The van der Waals surface area contributed by atoms with Crippen molar-refractivity contribution in [1.29, 1.82) is 0 Å². The molecule has 1 aromatic carbocycles. The zero-order valence-electron chi connectivity index (χ0n) is 14.2. The molecular weight excluding hydrogens is 328 g/mol. The highest BCUT2D eigenvalue weighted by Gasteiger charge is 2.28. The number of piperidine rings is 1. The summed E-state index contributed by atoms with van der Waals surface area (Å²) in [5.74, 6) is 1.41. The van der Waals surface area contributed by atoms with Crippen molar-refractivity contribution in [3.05, 3.63) is 35.9 Å². The van der Waals surface area contributed by atoms with Gasteiger partial charge in [0.05, 0.1) is 5.25 Å². The topological polar surface area (TPSA) is 41.1 Å². The lowest BCUT2D eigenvalue weighted by molar-refractivity contribution is -0.122. The van der Waals surface area contributed by atoms with Gasteiger partial charge in [-0.15, -0.1) is 24.2 Å². The Labute approximate surface area is 150 Å². The number of nitrogens with one attached hydrogen (secondary N) is 2. The van der Waals surface area contributed by atoms with Gasteiger partial charge in [0.25, 0.3) is 0 Å². The molecule has 130 valence electrons. The first kappa shape index (κ1) is 20.3. The Bertz CT molecular complexity index is 469. The summed E-state index contributed by atoms with van der Waals surface area (Å²) in [5.41, 5.74) is 1.28. The Morgan fingerprint density at radius 3 is 2.65 bits per heavy atom. The summed E-state index contributed by atoms with van der Waals surface area (Å²) in [6.07, 6.45) is 2.22. The minimum absolute atomic E-state index is 0. The molecule has 1 amide bonds. The molecule has 1 aromatic rings. The van der Waals surface area contributed by atoms with Crippen LogP contribution in [0, 0.1) is 5.92 Å². The fourth-order valence-electron chi connectivity index (χ4n) is 2.84. The maximum Gasteiger partial charge on any atom is 0.233 e. The van der Waals surface area contributed by atoms with E-state index in [1.54, 1.807) is 11.8 Å². The van der Waals surface area contributed by atoms with Crippen molar-refractivity contribution < 1.29 is 4.79 Å². The number of hydrogen-bond donors (Lipinski definition) is 2. The number of carbonyl (C=O) groups excluding carboxylic acids is 1. The fraction of sp³-hybridized carbons (Fsp3) is 0.611. The molecule has 1 fully saturated rings. The standard InChI is InChI=1S/C18H28N2OS.ClH/c1-13(2)17(22-12-15-8-5-4-6-9-15)18(21)20-16-10-7-11-19-14(16)3;/h4-6,8-9,13-14,16-17,19H,7,10-12H2,1-3H3,(H,20,21);1H. The molecule has 1 saturated heterocycles. The van der Waals surface area contributed by atoms with E-state index in [0.29, 0.717) is 12.0 Å². The van der Waals surface area contributed by atoms with E-state index in [9.17, 15) is 4.79 Å². The highest BCUT2D eigenvalue weighted by molar-refractivity contribution is 7.99. The summed E-state index contributed by atoms with van der Waals surface area (Å²) in [7, 11) is 0. The van der Waals surface area contributed by atoms with Gasteiger partial charge in [-0.1, -0.05) is 44.2 Å². The lowest BCUT2D eigenvalue weighted by Crippen LogP contribution is -2.54. The fourth-order valence-corrected chi connectivity index (χ4v) is 4.01. The number of halogens is 1. The summed E-state index contributed by atoms with van der Waals surface area (Å²) >= 11 is 1.75. The van der Waals surface area contributed by atoms with Crippen LogP contribution >= 0.6 is 24.2 Å². The summed E-state index contributed by atoms with van der Waals surface area (Å²) in [6, 6.07) is 11.0. The van der Waals surface area contributed by atoms with Crippen molar-refractivity contribution in [3.8, 4) is 0 Å². The molecule has 5 heteroatoms. The Morgan fingerprint density at radius 1 is 1.35 bits per heavy atom. The summed E-state index contributed by atoms with van der Waals surface area (Å²) < 4.78 is 0. The van der Waals surface area contributed by atoms with Crippen molar-refractivity contribution in [2.45, 2.75) is 56.7 Å². The van der Waals surface area contributed by atoms with Gasteiger partial charge in [0.1, 0.15) is 0 Å². The van der Waals surface area contributed by atoms with Crippen LogP contribution in [0.15, 0.2) is 30.3 Å². The first-order valence-corrected chi connectivity index (χ1v) is 9.32. The third-order valence-electron chi connectivity index (χ3n) is 4.23. The second kappa shape index (κ2) is 10.2. The van der Waals surface area contributed by atoms with E-state index in [1.807, 2.05) is 6.07 Å². The number of amides is 1.